The van der Waals surface area contributed by atoms with Crippen molar-refractivity contribution in [3.63, 3.8) is 0 Å². The molecular formula is C21H27N3O4S. The molecule has 0 aliphatic carbocycles. The highest BCUT2D eigenvalue weighted by Gasteiger charge is 2.33. The minimum absolute atomic E-state index is 0.00805. The largest absolute Gasteiger partial charge is 0.340 e. The standard InChI is InChI=1S/C21H27N3O4S/c1-3-10-22-11-8-19(9-12-22)21(26)23-13-15-24(16-14-23)29(27,28)20-6-4-18(5-7-20)17(2)25/h1,4-7,19H,8-16H2,2H3. The van der Waals surface area contributed by atoms with E-state index in [1.165, 1.54) is 35.5 Å². The lowest BCUT2D eigenvalue weighted by molar-refractivity contribution is -0.138. The Morgan fingerprint density at radius 2 is 1.62 bits per heavy atom. The lowest BCUT2D eigenvalue weighted by Gasteiger charge is -2.37. The second-order valence-electron chi connectivity index (χ2n) is 7.56. The molecule has 1 aromatic rings. The molecule has 1 aromatic carbocycles. The molecule has 0 unspecified atom stereocenters. The van der Waals surface area contributed by atoms with Crippen LogP contribution in [0.3, 0.4) is 0 Å². The van der Waals surface area contributed by atoms with Gasteiger partial charge in [0.2, 0.25) is 15.9 Å². The number of amides is 1. The monoisotopic (exact) mass is 417 g/mol. The number of piperidine rings is 1. The number of piperazine rings is 1. The van der Waals surface area contributed by atoms with E-state index in [2.05, 4.69) is 10.8 Å². The Morgan fingerprint density at radius 3 is 2.14 bits per heavy atom. The van der Waals surface area contributed by atoms with Crippen LogP contribution in [-0.2, 0) is 14.8 Å². The Morgan fingerprint density at radius 1 is 1.03 bits per heavy atom. The van der Waals surface area contributed by atoms with E-state index < -0.39 is 10.0 Å². The third-order valence-electron chi connectivity index (χ3n) is 5.70. The average molecular weight is 418 g/mol. The summed E-state index contributed by atoms with van der Waals surface area (Å²) < 4.78 is 27.1. The molecule has 0 N–H and O–H groups in total. The van der Waals surface area contributed by atoms with Crippen LogP contribution in [0.5, 0.6) is 0 Å². The summed E-state index contributed by atoms with van der Waals surface area (Å²) in [5, 5.41) is 0. The Balaban J connectivity index is 1.56. The van der Waals surface area contributed by atoms with Gasteiger partial charge >= 0.3 is 0 Å². The summed E-state index contributed by atoms with van der Waals surface area (Å²) >= 11 is 0. The van der Waals surface area contributed by atoms with E-state index in [-0.39, 0.29) is 35.6 Å². The molecule has 3 rings (SSSR count). The lowest BCUT2D eigenvalue weighted by atomic mass is 9.95. The topological polar surface area (TPSA) is 78.0 Å². The van der Waals surface area contributed by atoms with Crippen LogP contribution in [0.4, 0.5) is 0 Å². The molecule has 156 valence electrons. The van der Waals surface area contributed by atoms with Crippen molar-refractivity contribution in [3.8, 4) is 12.3 Å². The molecule has 2 fully saturated rings. The van der Waals surface area contributed by atoms with E-state index in [0.29, 0.717) is 25.2 Å². The van der Waals surface area contributed by atoms with Gasteiger partial charge in [0.05, 0.1) is 11.4 Å². The first-order chi connectivity index (χ1) is 13.8. The van der Waals surface area contributed by atoms with Crippen molar-refractivity contribution < 1.29 is 18.0 Å². The molecule has 29 heavy (non-hydrogen) atoms. The molecule has 2 saturated heterocycles. The second-order valence-corrected chi connectivity index (χ2v) is 9.50. The number of hydrogen-bond acceptors (Lipinski definition) is 5. The van der Waals surface area contributed by atoms with Crippen LogP contribution in [0.2, 0.25) is 0 Å². The molecule has 2 aliphatic rings. The van der Waals surface area contributed by atoms with Gasteiger partial charge in [0.25, 0.3) is 0 Å². The van der Waals surface area contributed by atoms with Crippen LogP contribution in [-0.4, -0.2) is 80.0 Å². The van der Waals surface area contributed by atoms with Crippen LogP contribution in [0.1, 0.15) is 30.1 Å². The highest BCUT2D eigenvalue weighted by Crippen LogP contribution is 2.22. The number of Topliss-reactive ketones (excluding diaryl/α,β-unsaturated/α-hetero) is 1. The number of likely N-dealkylation sites (tertiary alicyclic amines) is 1. The van der Waals surface area contributed by atoms with Gasteiger partial charge in [-0.3, -0.25) is 14.5 Å². The SMILES string of the molecule is C#CCN1CCC(C(=O)N2CCN(S(=O)(=O)c3ccc(C(C)=O)cc3)CC2)CC1. The van der Waals surface area contributed by atoms with Gasteiger partial charge in [-0.05, 0) is 45.0 Å². The maximum Gasteiger partial charge on any atom is 0.243 e. The van der Waals surface area contributed by atoms with E-state index in [0.717, 1.165) is 25.9 Å². The number of carbonyl (C=O) groups is 2. The van der Waals surface area contributed by atoms with Gasteiger partial charge in [0.1, 0.15) is 0 Å². The molecule has 0 bridgehead atoms. The summed E-state index contributed by atoms with van der Waals surface area (Å²) in [7, 11) is -3.63. The van der Waals surface area contributed by atoms with Gasteiger partial charge in [0, 0.05) is 37.7 Å². The van der Waals surface area contributed by atoms with Crippen LogP contribution >= 0.6 is 0 Å². The van der Waals surface area contributed by atoms with Gasteiger partial charge < -0.3 is 4.90 Å². The first-order valence-corrected chi connectivity index (χ1v) is 11.3. The first kappa shape index (κ1) is 21.5. The smallest absolute Gasteiger partial charge is 0.243 e. The van der Waals surface area contributed by atoms with Crippen LogP contribution in [0.25, 0.3) is 0 Å². The molecule has 1 amide bonds. The van der Waals surface area contributed by atoms with Crippen LogP contribution < -0.4 is 0 Å². The third-order valence-corrected chi connectivity index (χ3v) is 7.61. The van der Waals surface area contributed by atoms with E-state index in [9.17, 15) is 18.0 Å². The van der Waals surface area contributed by atoms with Crippen molar-refractivity contribution in [1.29, 1.82) is 0 Å². The van der Waals surface area contributed by atoms with E-state index >= 15 is 0 Å². The Kier molecular flexibility index (Phi) is 6.73. The van der Waals surface area contributed by atoms with Crippen LogP contribution in [0.15, 0.2) is 29.2 Å². The fraction of sp³-hybridized carbons (Fsp3) is 0.524. The summed E-state index contributed by atoms with van der Waals surface area (Å²) in [6.07, 6.45) is 6.93. The van der Waals surface area contributed by atoms with Crippen molar-refractivity contribution >= 4 is 21.7 Å². The van der Waals surface area contributed by atoms with Crippen molar-refractivity contribution in [2.24, 2.45) is 5.92 Å². The Hall–Kier alpha value is -2.21. The zero-order valence-electron chi connectivity index (χ0n) is 16.7. The fourth-order valence-corrected chi connectivity index (χ4v) is 5.31. The van der Waals surface area contributed by atoms with Gasteiger partial charge in [-0.25, -0.2) is 8.42 Å². The molecule has 2 heterocycles. The average Bonchev–Trinajstić information content (AvgIpc) is 2.74. The van der Waals surface area contributed by atoms with Crippen molar-refractivity contribution in [3.05, 3.63) is 29.8 Å². The number of rotatable bonds is 5. The van der Waals surface area contributed by atoms with Crippen LogP contribution in [0, 0.1) is 18.3 Å². The number of hydrogen-bond donors (Lipinski definition) is 0. The minimum atomic E-state index is -3.63. The number of terminal acetylenes is 1. The molecule has 0 aromatic heterocycles. The van der Waals surface area contributed by atoms with Gasteiger partial charge in [-0.2, -0.15) is 4.31 Å². The summed E-state index contributed by atoms with van der Waals surface area (Å²) in [4.78, 5) is 28.3. The second kappa shape index (κ2) is 9.08. The maximum absolute atomic E-state index is 12.9. The summed E-state index contributed by atoms with van der Waals surface area (Å²) in [6, 6.07) is 5.99. The molecule has 0 saturated carbocycles. The third kappa shape index (κ3) is 4.86. The molecular weight excluding hydrogens is 390 g/mol. The predicted molar refractivity (Wildman–Crippen MR) is 110 cm³/mol. The Labute approximate surface area is 172 Å². The highest BCUT2D eigenvalue weighted by molar-refractivity contribution is 7.89. The van der Waals surface area contributed by atoms with Crippen molar-refractivity contribution in [2.45, 2.75) is 24.7 Å². The normalized spacial score (nSPS) is 19.7. The summed E-state index contributed by atoms with van der Waals surface area (Å²) in [6.45, 7) is 5.05. The lowest BCUT2D eigenvalue weighted by Crippen LogP contribution is -2.52. The first-order valence-electron chi connectivity index (χ1n) is 9.88. The zero-order valence-corrected chi connectivity index (χ0v) is 17.5. The molecule has 0 atom stereocenters. The van der Waals surface area contributed by atoms with Crippen molar-refractivity contribution in [1.82, 2.24) is 14.1 Å². The number of carbonyl (C=O) groups excluding carboxylic acids is 2. The van der Waals surface area contributed by atoms with E-state index in [4.69, 9.17) is 6.42 Å². The summed E-state index contributed by atoms with van der Waals surface area (Å²) in [5.41, 5.74) is 0.479. The number of ketones is 1. The fourth-order valence-electron chi connectivity index (χ4n) is 3.88. The molecule has 0 radical (unpaired) electrons. The van der Waals surface area contributed by atoms with Crippen molar-refractivity contribution in [2.75, 3.05) is 45.8 Å². The molecule has 7 nitrogen and oxygen atoms in total. The molecule has 0 spiro atoms. The summed E-state index contributed by atoms with van der Waals surface area (Å²) in [5.74, 6) is 2.64. The Bertz CT molecular complexity index is 889. The van der Waals surface area contributed by atoms with E-state index in [1.54, 1.807) is 4.90 Å². The zero-order chi connectivity index (χ0) is 21.0. The number of benzene rings is 1. The minimum Gasteiger partial charge on any atom is -0.340 e. The van der Waals surface area contributed by atoms with Gasteiger partial charge in [-0.15, -0.1) is 6.42 Å². The highest BCUT2D eigenvalue weighted by atomic mass is 32.2. The van der Waals surface area contributed by atoms with Gasteiger partial charge in [-0.1, -0.05) is 18.1 Å². The predicted octanol–water partition coefficient (Wildman–Crippen LogP) is 1.07. The quantitative estimate of drug-likeness (QED) is 0.529. The number of sulfonamides is 1. The molecule has 2 aliphatic heterocycles. The van der Waals surface area contributed by atoms with Gasteiger partial charge in [0.15, 0.2) is 5.78 Å². The molecule has 8 heteroatoms. The maximum atomic E-state index is 12.9. The number of nitrogens with zero attached hydrogens (tertiary/aromatic N) is 3. The van der Waals surface area contributed by atoms with E-state index in [1.807, 2.05) is 0 Å².